The summed E-state index contributed by atoms with van der Waals surface area (Å²) in [7, 11) is 1.80. The summed E-state index contributed by atoms with van der Waals surface area (Å²) < 4.78 is 5.47. The van der Waals surface area contributed by atoms with Crippen LogP contribution in [0.15, 0.2) is 4.99 Å². The van der Waals surface area contributed by atoms with Crippen LogP contribution in [0, 0.1) is 5.92 Å². The molecule has 0 spiro atoms. The number of ether oxygens (including phenoxy) is 1. The Morgan fingerprint density at radius 1 is 1.29 bits per heavy atom. The molecule has 0 aromatic rings. The molecule has 140 valence electrons. The van der Waals surface area contributed by atoms with Gasteiger partial charge in [-0.25, -0.2) is 0 Å². The molecule has 24 heavy (non-hydrogen) atoms. The van der Waals surface area contributed by atoms with Gasteiger partial charge in [-0.05, 0) is 44.4 Å². The number of halogens is 1. The highest BCUT2D eigenvalue weighted by Gasteiger charge is 2.34. The predicted octanol–water partition coefficient (Wildman–Crippen LogP) is 1.19. The maximum atomic E-state index is 10.2. The Morgan fingerprint density at radius 3 is 2.58 bits per heavy atom. The third-order valence-electron chi connectivity index (χ3n) is 5.56. The summed E-state index contributed by atoms with van der Waals surface area (Å²) in [4.78, 5) is 6.87. The van der Waals surface area contributed by atoms with E-state index in [1.807, 2.05) is 0 Å². The number of aliphatic imine (C=N–C) groups is 1. The monoisotopic (exact) mass is 452 g/mol. The van der Waals surface area contributed by atoms with Crippen LogP contribution in [0.25, 0.3) is 0 Å². The molecule has 1 unspecified atom stereocenters. The van der Waals surface area contributed by atoms with Crippen LogP contribution in [0.4, 0.5) is 0 Å². The molecular weight excluding hydrogens is 419 g/mol. The number of guanidine groups is 1. The molecule has 7 heteroatoms. The zero-order valence-electron chi connectivity index (χ0n) is 14.8. The van der Waals surface area contributed by atoms with Crippen LogP contribution in [-0.4, -0.2) is 74.0 Å². The zero-order chi connectivity index (χ0) is 16.1. The van der Waals surface area contributed by atoms with Crippen molar-refractivity contribution < 1.29 is 9.84 Å². The van der Waals surface area contributed by atoms with Crippen molar-refractivity contribution in [2.45, 2.75) is 50.2 Å². The summed E-state index contributed by atoms with van der Waals surface area (Å²) in [6.45, 7) is 5.97. The largest absolute Gasteiger partial charge is 0.388 e. The standard InChI is InChI=1S/C17H32N4O2.HI/c1-18-16(19-13-17(22)6-2-7-17)20-15-3-8-21(9-4-15)11-14-5-10-23-12-14;/h14-15,22H,2-13H2,1H3,(H2,18,19,20);1H. The van der Waals surface area contributed by atoms with Gasteiger partial charge in [-0.3, -0.25) is 4.99 Å². The minimum absolute atomic E-state index is 0. The molecule has 2 aliphatic heterocycles. The summed E-state index contributed by atoms with van der Waals surface area (Å²) in [6, 6.07) is 0.480. The van der Waals surface area contributed by atoms with E-state index in [1.165, 1.54) is 13.0 Å². The number of hydrogen-bond donors (Lipinski definition) is 3. The first kappa shape index (κ1) is 20.2. The van der Waals surface area contributed by atoms with Crippen LogP contribution in [-0.2, 0) is 4.74 Å². The molecule has 6 nitrogen and oxygen atoms in total. The Hall–Kier alpha value is -0.120. The Bertz CT molecular complexity index is 403. The van der Waals surface area contributed by atoms with E-state index in [4.69, 9.17) is 4.74 Å². The van der Waals surface area contributed by atoms with Crippen LogP contribution in [0.5, 0.6) is 0 Å². The molecule has 0 bridgehead atoms. The van der Waals surface area contributed by atoms with Gasteiger partial charge in [0, 0.05) is 45.9 Å². The molecule has 3 N–H and O–H groups in total. The molecule has 1 aliphatic carbocycles. The number of rotatable bonds is 5. The first-order valence-corrected chi connectivity index (χ1v) is 9.16. The molecule has 2 saturated heterocycles. The fraction of sp³-hybridized carbons (Fsp3) is 0.941. The smallest absolute Gasteiger partial charge is 0.191 e. The third kappa shape index (κ3) is 5.71. The van der Waals surface area contributed by atoms with Gasteiger partial charge in [-0.1, -0.05) is 0 Å². The number of likely N-dealkylation sites (tertiary alicyclic amines) is 1. The first-order chi connectivity index (χ1) is 11.2. The molecule has 3 aliphatic rings. The van der Waals surface area contributed by atoms with Gasteiger partial charge in [0.15, 0.2) is 5.96 Å². The van der Waals surface area contributed by atoms with Crippen molar-refractivity contribution in [3.05, 3.63) is 0 Å². The van der Waals surface area contributed by atoms with E-state index >= 15 is 0 Å². The van der Waals surface area contributed by atoms with E-state index in [-0.39, 0.29) is 24.0 Å². The molecule has 0 amide bonds. The fourth-order valence-corrected chi connectivity index (χ4v) is 3.75. The maximum Gasteiger partial charge on any atom is 0.191 e. The molecule has 1 saturated carbocycles. The number of piperidine rings is 1. The highest BCUT2D eigenvalue weighted by molar-refractivity contribution is 14.0. The summed E-state index contributed by atoms with van der Waals surface area (Å²) in [5.74, 6) is 1.56. The summed E-state index contributed by atoms with van der Waals surface area (Å²) in [5, 5.41) is 17.0. The average molecular weight is 452 g/mol. The average Bonchev–Trinajstić information content (AvgIpc) is 3.04. The fourth-order valence-electron chi connectivity index (χ4n) is 3.75. The van der Waals surface area contributed by atoms with Gasteiger partial charge in [-0.15, -0.1) is 24.0 Å². The van der Waals surface area contributed by atoms with Crippen molar-refractivity contribution >= 4 is 29.9 Å². The van der Waals surface area contributed by atoms with E-state index < -0.39 is 5.60 Å². The highest BCUT2D eigenvalue weighted by Crippen LogP contribution is 2.30. The van der Waals surface area contributed by atoms with Gasteiger partial charge < -0.3 is 25.4 Å². The van der Waals surface area contributed by atoms with Crippen molar-refractivity contribution in [3.63, 3.8) is 0 Å². The third-order valence-corrected chi connectivity index (χ3v) is 5.56. The van der Waals surface area contributed by atoms with Crippen molar-refractivity contribution in [2.24, 2.45) is 10.9 Å². The molecule has 3 fully saturated rings. The SMILES string of the molecule is CN=C(NCC1(O)CCC1)NC1CCN(CC2CCOC2)CC1.I. The van der Waals surface area contributed by atoms with Gasteiger partial charge in [0.2, 0.25) is 0 Å². The Balaban J connectivity index is 0.00000208. The second-order valence-electron chi connectivity index (χ2n) is 7.45. The van der Waals surface area contributed by atoms with Crippen LogP contribution in [0.1, 0.15) is 38.5 Å². The van der Waals surface area contributed by atoms with Crippen LogP contribution in [0.2, 0.25) is 0 Å². The van der Waals surface area contributed by atoms with Crippen molar-refractivity contribution in [3.8, 4) is 0 Å². The van der Waals surface area contributed by atoms with Gasteiger partial charge in [-0.2, -0.15) is 0 Å². The second kappa shape index (κ2) is 9.54. The molecule has 0 aromatic heterocycles. The number of aliphatic hydroxyl groups is 1. The second-order valence-corrected chi connectivity index (χ2v) is 7.45. The van der Waals surface area contributed by atoms with E-state index in [0.717, 1.165) is 70.3 Å². The van der Waals surface area contributed by atoms with Crippen LogP contribution < -0.4 is 10.6 Å². The molecule has 0 aromatic carbocycles. The van der Waals surface area contributed by atoms with Gasteiger partial charge >= 0.3 is 0 Å². The predicted molar refractivity (Wildman–Crippen MR) is 107 cm³/mol. The van der Waals surface area contributed by atoms with Gasteiger partial charge in [0.05, 0.1) is 12.2 Å². The van der Waals surface area contributed by atoms with Crippen LogP contribution in [0.3, 0.4) is 0 Å². The van der Waals surface area contributed by atoms with Gasteiger partial charge in [0.1, 0.15) is 0 Å². The first-order valence-electron chi connectivity index (χ1n) is 9.16. The van der Waals surface area contributed by atoms with Gasteiger partial charge in [0.25, 0.3) is 0 Å². The lowest BCUT2D eigenvalue weighted by Crippen LogP contribution is -2.53. The van der Waals surface area contributed by atoms with Crippen molar-refractivity contribution in [1.29, 1.82) is 0 Å². The number of hydrogen-bond acceptors (Lipinski definition) is 4. The lowest BCUT2D eigenvalue weighted by atomic mass is 9.80. The van der Waals surface area contributed by atoms with E-state index in [1.54, 1.807) is 7.05 Å². The topological polar surface area (TPSA) is 69.1 Å². The molecular formula is C17H33IN4O2. The number of nitrogens with one attached hydrogen (secondary N) is 2. The summed E-state index contributed by atoms with van der Waals surface area (Å²) in [5.41, 5.74) is -0.510. The van der Waals surface area contributed by atoms with Crippen molar-refractivity contribution in [1.82, 2.24) is 15.5 Å². The van der Waals surface area contributed by atoms with Crippen molar-refractivity contribution in [2.75, 3.05) is 46.4 Å². The molecule has 2 heterocycles. The minimum Gasteiger partial charge on any atom is -0.388 e. The number of nitrogens with zero attached hydrogens (tertiary/aromatic N) is 2. The summed E-state index contributed by atoms with van der Waals surface area (Å²) in [6.07, 6.45) is 6.46. The lowest BCUT2D eigenvalue weighted by Gasteiger charge is -2.38. The maximum absolute atomic E-state index is 10.2. The van der Waals surface area contributed by atoms with E-state index in [0.29, 0.717) is 12.6 Å². The van der Waals surface area contributed by atoms with E-state index in [9.17, 15) is 5.11 Å². The zero-order valence-corrected chi connectivity index (χ0v) is 17.1. The molecule has 0 radical (unpaired) electrons. The Labute approximate surface area is 162 Å². The highest BCUT2D eigenvalue weighted by atomic mass is 127. The molecule has 3 rings (SSSR count). The Morgan fingerprint density at radius 2 is 2.04 bits per heavy atom. The van der Waals surface area contributed by atoms with E-state index in [2.05, 4.69) is 20.5 Å². The van der Waals surface area contributed by atoms with Crippen LogP contribution >= 0.6 is 24.0 Å². The quantitative estimate of drug-likeness (QED) is 0.332. The summed E-state index contributed by atoms with van der Waals surface area (Å²) >= 11 is 0. The Kier molecular flexibility index (Phi) is 8.03. The molecule has 1 atom stereocenters. The normalized spacial score (nSPS) is 28.1. The lowest BCUT2D eigenvalue weighted by molar-refractivity contribution is -0.0279. The minimum atomic E-state index is -0.510.